The summed E-state index contributed by atoms with van der Waals surface area (Å²) in [5.74, 6) is 0.179. The van der Waals surface area contributed by atoms with Crippen LogP contribution in [0.15, 0.2) is 18.2 Å². The highest BCUT2D eigenvalue weighted by Gasteiger charge is 2.43. The molecule has 6 nitrogen and oxygen atoms in total. The normalized spacial score (nSPS) is 18.0. The van der Waals surface area contributed by atoms with Crippen molar-refractivity contribution in [1.29, 1.82) is 0 Å². The first-order valence-corrected chi connectivity index (χ1v) is 12.1. The Kier molecular flexibility index (Phi) is 6.37. The molecule has 27 heavy (non-hydrogen) atoms. The van der Waals surface area contributed by atoms with Crippen molar-refractivity contribution in [2.45, 2.75) is 58.0 Å². The third-order valence-corrected chi connectivity index (χ3v) is 10.0. The number of esters is 1. The van der Waals surface area contributed by atoms with E-state index >= 15 is 0 Å². The first-order chi connectivity index (χ1) is 12.5. The van der Waals surface area contributed by atoms with Gasteiger partial charge >= 0.3 is 5.97 Å². The molecule has 7 heteroatoms. The van der Waals surface area contributed by atoms with E-state index in [9.17, 15) is 9.59 Å². The molecule has 1 aromatic carbocycles. The summed E-state index contributed by atoms with van der Waals surface area (Å²) in [6.45, 7) is 11.9. The van der Waals surface area contributed by atoms with E-state index in [1.807, 2.05) is 0 Å². The molecule has 0 N–H and O–H groups in total. The van der Waals surface area contributed by atoms with Gasteiger partial charge < -0.3 is 18.8 Å². The molecule has 0 aliphatic carbocycles. The molecule has 0 aromatic heterocycles. The summed E-state index contributed by atoms with van der Waals surface area (Å²) < 4.78 is 16.5. The van der Waals surface area contributed by atoms with Crippen LogP contribution in [0.25, 0.3) is 0 Å². The van der Waals surface area contributed by atoms with Crippen LogP contribution in [0.3, 0.4) is 0 Å². The minimum Gasteiger partial charge on any atom is -0.496 e. The smallest absolute Gasteiger partial charge is 0.337 e. The number of hydrogen-bond acceptors (Lipinski definition) is 5. The van der Waals surface area contributed by atoms with Gasteiger partial charge in [0, 0.05) is 18.7 Å². The number of hydrogen-bond donors (Lipinski definition) is 0. The number of rotatable bonds is 6. The molecule has 0 spiro atoms. The third-order valence-electron chi connectivity index (χ3n) is 5.56. The van der Waals surface area contributed by atoms with E-state index in [4.69, 9.17) is 13.9 Å². The highest BCUT2D eigenvalue weighted by Crippen LogP contribution is 2.38. The second-order valence-corrected chi connectivity index (χ2v) is 13.2. The largest absolute Gasteiger partial charge is 0.496 e. The Morgan fingerprint density at radius 2 is 1.93 bits per heavy atom. The Morgan fingerprint density at radius 3 is 2.48 bits per heavy atom. The lowest BCUT2D eigenvalue weighted by molar-refractivity contribution is -0.134. The van der Waals surface area contributed by atoms with E-state index in [-0.39, 0.29) is 17.0 Å². The van der Waals surface area contributed by atoms with E-state index in [1.165, 1.54) is 7.11 Å². The summed E-state index contributed by atoms with van der Waals surface area (Å²) in [7, 11) is 0.893. The van der Waals surface area contributed by atoms with Gasteiger partial charge in [0.05, 0.1) is 19.8 Å². The van der Waals surface area contributed by atoms with Gasteiger partial charge in [0.25, 0.3) is 5.91 Å². The molecular weight excluding hydrogens is 362 g/mol. The molecule has 2 rings (SSSR count). The molecule has 1 aromatic rings. The lowest BCUT2D eigenvalue weighted by atomic mass is 10.1. The number of carbonyl (C=O) groups is 2. The van der Waals surface area contributed by atoms with Gasteiger partial charge in [0.1, 0.15) is 11.9 Å². The Morgan fingerprint density at radius 1 is 1.26 bits per heavy atom. The maximum Gasteiger partial charge on any atom is 0.337 e. The van der Waals surface area contributed by atoms with Crippen LogP contribution in [0.5, 0.6) is 5.75 Å². The average Bonchev–Trinajstić information content (AvgIpc) is 2.93. The molecule has 1 heterocycles. The van der Waals surface area contributed by atoms with E-state index in [2.05, 4.69) is 33.9 Å². The number of methoxy groups -OCH3 is 2. The van der Waals surface area contributed by atoms with Crippen molar-refractivity contribution in [2.75, 3.05) is 20.8 Å². The van der Waals surface area contributed by atoms with Crippen LogP contribution < -0.4 is 4.74 Å². The van der Waals surface area contributed by atoms with Gasteiger partial charge in [0.15, 0.2) is 8.32 Å². The quantitative estimate of drug-likeness (QED) is 0.546. The van der Waals surface area contributed by atoms with E-state index < -0.39 is 14.3 Å². The van der Waals surface area contributed by atoms with Crippen molar-refractivity contribution in [3.8, 4) is 5.75 Å². The summed E-state index contributed by atoms with van der Waals surface area (Å²) in [6.07, 6.45) is 0.333. The zero-order valence-corrected chi connectivity index (χ0v) is 18.4. The fourth-order valence-electron chi connectivity index (χ4n) is 2.83. The predicted octanol–water partition coefficient (Wildman–Crippen LogP) is 3.60. The van der Waals surface area contributed by atoms with Gasteiger partial charge in [0.2, 0.25) is 0 Å². The number of benzene rings is 1. The van der Waals surface area contributed by atoms with Gasteiger partial charge in [-0.05, 0) is 36.7 Å². The zero-order valence-electron chi connectivity index (χ0n) is 17.4. The van der Waals surface area contributed by atoms with Crippen molar-refractivity contribution in [3.63, 3.8) is 0 Å². The summed E-state index contributed by atoms with van der Waals surface area (Å²) in [5.41, 5.74) is 1.27. The minimum atomic E-state index is -2.00. The fourth-order valence-corrected chi connectivity index (χ4v) is 4.12. The molecule has 1 aliphatic rings. The first-order valence-electron chi connectivity index (χ1n) is 9.22. The number of carbonyl (C=O) groups excluding carboxylic acids is 2. The Labute approximate surface area is 162 Å². The average molecular weight is 394 g/mol. The van der Waals surface area contributed by atoms with Gasteiger partial charge in [-0.1, -0.05) is 26.8 Å². The van der Waals surface area contributed by atoms with Crippen molar-refractivity contribution < 1.29 is 23.5 Å². The number of amides is 1. The summed E-state index contributed by atoms with van der Waals surface area (Å²) >= 11 is 0. The third kappa shape index (κ3) is 4.71. The Bertz CT molecular complexity index is 711. The maximum atomic E-state index is 12.8. The molecule has 1 fully saturated rings. The van der Waals surface area contributed by atoms with Crippen LogP contribution in [0.4, 0.5) is 0 Å². The van der Waals surface area contributed by atoms with Crippen LogP contribution in [0.1, 0.15) is 43.1 Å². The Hall–Kier alpha value is -1.86. The number of ether oxygens (including phenoxy) is 2. The minimum absolute atomic E-state index is 0.0268. The van der Waals surface area contributed by atoms with Gasteiger partial charge in [-0.2, -0.15) is 0 Å². The Balaban J connectivity index is 2.11. The molecular formula is C20H31NO5Si. The molecule has 150 valence electrons. The zero-order chi connectivity index (χ0) is 20.4. The highest BCUT2D eigenvalue weighted by molar-refractivity contribution is 6.74. The molecule has 0 radical (unpaired) electrons. The molecule has 1 atom stereocenters. The van der Waals surface area contributed by atoms with Gasteiger partial charge in [-0.15, -0.1) is 0 Å². The molecule has 0 saturated carbocycles. The van der Waals surface area contributed by atoms with Crippen LogP contribution >= 0.6 is 0 Å². The van der Waals surface area contributed by atoms with Gasteiger partial charge in [-0.25, -0.2) is 4.79 Å². The van der Waals surface area contributed by atoms with Crippen molar-refractivity contribution >= 4 is 20.2 Å². The van der Waals surface area contributed by atoms with E-state index in [0.29, 0.717) is 30.8 Å². The SMILES string of the molecule is COC(=O)c1ccc(CN2CCC(O[Si](C)(C)C(C)(C)C)C2=O)c(OC)c1. The van der Waals surface area contributed by atoms with Gasteiger partial charge in [-0.3, -0.25) is 4.79 Å². The molecule has 1 amide bonds. The van der Waals surface area contributed by atoms with Crippen LogP contribution in [-0.4, -0.2) is 52.0 Å². The van der Waals surface area contributed by atoms with E-state index in [0.717, 1.165) is 5.56 Å². The van der Waals surface area contributed by atoms with Crippen LogP contribution in [0.2, 0.25) is 18.1 Å². The molecule has 1 aliphatic heterocycles. The second-order valence-electron chi connectivity index (χ2n) is 8.43. The summed E-state index contributed by atoms with van der Waals surface area (Å²) in [5, 5.41) is 0.0631. The topological polar surface area (TPSA) is 65.1 Å². The number of likely N-dealkylation sites (tertiary alicyclic amines) is 1. The number of nitrogens with zero attached hydrogens (tertiary/aromatic N) is 1. The predicted molar refractivity (Wildman–Crippen MR) is 106 cm³/mol. The highest BCUT2D eigenvalue weighted by atomic mass is 28.4. The maximum absolute atomic E-state index is 12.8. The fraction of sp³-hybridized carbons (Fsp3) is 0.600. The summed E-state index contributed by atoms with van der Waals surface area (Å²) in [6, 6.07) is 5.14. The van der Waals surface area contributed by atoms with Crippen LogP contribution in [-0.2, 0) is 20.5 Å². The second kappa shape index (κ2) is 8.02. The van der Waals surface area contributed by atoms with Crippen molar-refractivity contribution in [3.05, 3.63) is 29.3 Å². The lowest BCUT2D eigenvalue weighted by Gasteiger charge is -2.37. The van der Waals surface area contributed by atoms with E-state index in [1.54, 1.807) is 30.2 Å². The van der Waals surface area contributed by atoms with Crippen molar-refractivity contribution in [2.24, 2.45) is 0 Å². The lowest BCUT2D eigenvalue weighted by Crippen LogP contribution is -2.46. The van der Waals surface area contributed by atoms with Crippen LogP contribution in [0, 0.1) is 0 Å². The first kappa shape index (κ1) is 21.4. The molecule has 0 bridgehead atoms. The molecule has 1 unspecified atom stereocenters. The summed E-state index contributed by atoms with van der Waals surface area (Å²) in [4.78, 5) is 26.3. The van der Waals surface area contributed by atoms with Crippen molar-refractivity contribution in [1.82, 2.24) is 4.90 Å². The standard InChI is InChI=1S/C20H31NO5Si/c1-20(2,3)27(6,7)26-16-10-11-21(18(16)22)13-15-9-8-14(19(23)25-5)12-17(15)24-4/h8-9,12,16H,10-11,13H2,1-7H3. The monoisotopic (exact) mass is 393 g/mol. The molecule has 1 saturated heterocycles.